The predicted molar refractivity (Wildman–Crippen MR) is 81.8 cm³/mol. The van der Waals surface area contributed by atoms with Gasteiger partial charge in [0.25, 0.3) is 0 Å². The highest BCUT2D eigenvalue weighted by atomic mass is 35.5. The van der Waals surface area contributed by atoms with Gasteiger partial charge in [0.2, 0.25) is 0 Å². The van der Waals surface area contributed by atoms with E-state index in [0.717, 1.165) is 5.56 Å². The maximum absolute atomic E-state index is 13.2. The number of carbonyl (C=O) groups is 1. The number of ether oxygens (including phenoxy) is 1. The second kappa shape index (κ2) is 6.45. The summed E-state index contributed by atoms with van der Waals surface area (Å²) in [5.41, 5.74) is 1.58. The Morgan fingerprint density at radius 3 is 2.57 bits per heavy atom. The van der Waals surface area contributed by atoms with Crippen LogP contribution >= 0.6 is 11.6 Å². The Morgan fingerprint density at radius 2 is 1.86 bits per heavy atom. The van der Waals surface area contributed by atoms with E-state index >= 15 is 0 Å². The number of urea groups is 1. The normalized spacial score (nSPS) is 10.1. The van der Waals surface area contributed by atoms with Gasteiger partial charge in [-0.15, -0.1) is 0 Å². The summed E-state index contributed by atoms with van der Waals surface area (Å²) in [6, 6.07) is 8.53. The van der Waals surface area contributed by atoms with E-state index in [1.807, 2.05) is 0 Å². The first-order valence-corrected chi connectivity index (χ1v) is 6.55. The summed E-state index contributed by atoms with van der Waals surface area (Å²) in [5.74, 6) is 0.0572. The van der Waals surface area contributed by atoms with Crippen LogP contribution in [-0.4, -0.2) is 13.1 Å². The third-order valence-electron chi connectivity index (χ3n) is 2.86. The number of hydrogen-bond donors (Lipinski definition) is 2. The van der Waals surface area contributed by atoms with E-state index in [1.54, 1.807) is 31.2 Å². The summed E-state index contributed by atoms with van der Waals surface area (Å²) >= 11 is 5.89. The lowest BCUT2D eigenvalue weighted by molar-refractivity contribution is 0.262. The number of aryl methyl sites for hydroxylation is 1. The molecule has 21 heavy (non-hydrogen) atoms. The van der Waals surface area contributed by atoms with Crippen molar-refractivity contribution in [3.63, 3.8) is 0 Å². The van der Waals surface area contributed by atoms with Gasteiger partial charge in [0, 0.05) is 10.7 Å². The molecule has 0 unspecified atom stereocenters. The average Bonchev–Trinajstić information content (AvgIpc) is 2.43. The van der Waals surface area contributed by atoms with E-state index in [1.165, 1.54) is 19.2 Å². The van der Waals surface area contributed by atoms with Crippen molar-refractivity contribution in [3.05, 3.63) is 52.8 Å². The lowest BCUT2D eigenvalue weighted by Crippen LogP contribution is -2.20. The third-order valence-corrected chi connectivity index (χ3v) is 3.09. The van der Waals surface area contributed by atoms with E-state index < -0.39 is 11.8 Å². The predicted octanol–water partition coefficient (Wildman–Crippen LogP) is 4.44. The number of amides is 2. The van der Waals surface area contributed by atoms with Crippen LogP contribution in [-0.2, 0) is 0 Å². The fourth-order valence-corrected chi connectivity index (χ4v) is 1.95. The molecule has 2 aromatic rings. The Hall–Kier alpha value is -2.27. The molecule has 0 saturated heterocycles. The van der Waals surface area contributed by atoms with Crippen molar-refractivity contribution in [2.75, 3.05) is 17.7 Å². The van der Waals surface area contributed by atoms with Gasteiger partial charge in [0.05, 0.1) is 12.8 Å². The molecule has 2 rings (SSSR count). The molecular weight excluding hydrogens is 295 g/mol. The van der Waals surface area contributed by atoms with Crippen LogP contribution in [0.1, 0.15) is 5.56 Å². The van der Waals surface area contributed by atoms with Crippen molar-refractivity contribution >= 4 is 29.0 Å². The molecule has 6 heteroatoms. The average molecular weight is 309 g/mol. The lowest BCUT2D eigenvalue weighted by Gasteiger charge is -2.12. The monoisotopic (exact) mass is 308 g/mol. The van der Waals surface area contributed by atoms with Crippen LogP contribution < -0.4 is 15.4 Å². The van der Waals surface area contributed by atoms with Crippen molar-refractivity contribution in [1.82, 2.24) is 0 Å². The van der Waals surface area contributed by atoms with Crippen LogP contribution in [0.3, 0.4) is 0 Å². The zero-order valence-electron chi connectivity index (χ0n) is 11.5. The molecule has 0 bridgehead atoms. The first kappa shape index (κ1) is 15.1. The summed E-state index contributed by atoms with van der Waals surface area (Å²) in [4.78, 5) is 12.0. The Kier molecular flexibility index (Phi) is 4.65. The number of benzene rings is 2. The van der Waals surface area contributed by atoms with Crippen molar-refractivity contribution in [2.24, 2.45) is 0 Å². The van der Waals surface area contributed by atoms with Gasteiger partial charge >= 0.3 is 6.03 Å². The smallest absolute Gasteiger partial charge is 0.323 e. The van der Waals surface area contributed by atoms with Gasteiger partial charge in [-0.05, 0) is 42.8 Å². The third kappa shape index (κ3) is 3.86. The number of methoxy groups -OCH3 is 1. The highest BCUT2D eigenvalue weighted by Gasteiger charge is 2.10. The second-order valence-corrected chi connectivity index (χ2v) is 4.82. The molecule has 0 saturated carbocycles. The van der Waals surface area contributed by atoms with Crippen molar-refractivity contribution in [3.8, 4) is 5.75 Å². The van der Waals surface area contributed by atoms with Gasteiger partial charge in [-0.3, -0.25) is 0 Å². The number of rotatable bonds is 3. The molecule has 0 spiro atoms. The van der Waals surface area contributed by atoms with Gasteiger partial charge in [-0.1, -0.05) is 17.7 Å². The Labute approximate surface area is 126 Å². The minimum absolute atomic E-state index is 0.397. The second-order valence-electron chi connectivity index (χ2n) is 4.38. The molecule has 0 aliphatic carbocycles. The number of nitrogens with one attached hydrogen (secondary N) is 2. The van der Waals surface area contributed by atoms with Crippen LogP contribution in [0.25, 0.3) is 0 Å². The molecule has 0 atom stereocenters. The SMILES string of the molecule is COc1ccc(Cl)cc1NC(=O)Nc1cc(F)ccc1C. The number of halogens is 2. The largest absolute Gasteiger partial charge is 0.495 e. The Balaban J connectivity index is 2.15. The van der Waals surface area contributed by atoms with Crippen LogP contribution in [0.5, 0.6) is 5.75 Å². The molecule has 0 radical (unpaired) electrons. The maximum Gasteiger partial charge on any atom is 0.323 e. The van der Waals surface area contributed by atoms with Gasteiger partial charge in [0.1, 0.15) is 11.6 Å². The van der Waals surface area contributed by atoms with Crippen LogP contribution in [0.15, 0.2) is 36.4 Å². The summed E-state index contributed by atoms with van der Waals surface area (Å²) in [6.45, 7) is 1.77. The van der Waals surface area contributed by atoms with E-state index in [-0.39, 0.29) is 0 Å². The minimum atomic E-state index is -0.510. The number of carbonyl (C=O) groups excluding carboxylic acids is 1. The molecule has 2 amide bonds. The molecule has 2 N–H and O–H groups in total. The lowest BCUT2D eigenvalue weighted by atomic mass is 10.2. The van der Waals surface area contributed by atoms with Crippen LogP contribution in [0.2, 0.25) is 5.02 Å². The van der Waals surface area contributed by atoms with Crippen molar-refractivity contribution in [2.45, 2.75) is 6.92 Å². The van der Waals surface area contributed by atoms with E-state index in [9.17, 15) is 9.18 Å². The molecule has 2 aromatic carbocycles. The molecule has 0 aliphatic rings. The Bertz CT molecular complexity index is 677. The molecular formula is C15H14ClFN2O2. The van der Waals surface area contributed by atoms with Gasteiger partial charge in [-0.2, -0.15) is 0 Å². The highest BCUT2D eigenvalue weighted by molar-refractivity contribution is 6.31. The molecule has 0 heterocycles. The Morgan fingerprint density at radius 1 is 1.14 bits per heavy atom. The van der Waals surface area contributed by atoms with Crippen LogP contribution in [0.4, 0.5) is 20.6 Å². The van der Waals surface area contributed by atoms with E-state index in [0.29, 0.717) is 22.1 Å². The number of hydrogen-bond acceptors (Lipinski definition) is 2. The summed E-state index contributed by atoms with van der Waals surface area (Å²) in [7, 11) is 1.49. The maximum atomic E-state index is 13.2. The quantitative estimate of drug-likeness (QED) is 0.880. The van der Waals surface area contributed by atoms with Crippen molar-refractivity contribution in [1.29, 1.82) is 0 Å². The topological polar surface area (TPSA) is 50.4 Å². The van der Waals surface area contributed by atoms with Gasteiger partial charge in [0.15, 0.2) is 0 Å². The molecule has 0 fully saturated rings. The zero-order valence-corrected chi connectivity index (χ0v) is 12.3. The summed E-state index contributed by atoms with van der Waals surface area (Å²) < 4.78 is 18.3. The molecule has 0 aliphatic heterocycles. The molecule has 0 aromatic heterocycles. The summed E-state index contributed by atoms with van der Waals surface area (Å²) in [5, 5.41) is 5.66. The minimum Gasteiger partial charge on any atom is -0.495 e. The first-order chi connectivity index (χ1) is 9.99. The zero-order chi connectivity index (χ0) is 15.4. The highest BCUT2D eigenvalue weighted by Crippen LogP contribution is 2.28. The van der Waals surface area contributed by atoms with Gasteiger partial charge < -0.3 is 15.4 Å². The number of anilines is 2. The fourth-order valence-electron chi connectivity index (χ4n) is 1.78. The fraction of sp³-hybridized carbons (Fsp3) is 0.133. The van der Waals surface area contributed by atoms with E-state index in [2.05, 4.69) is 10.6 Å². The summed E-state index contributed by atoms with van der Waals surface area (Å²) in [6.07, 6.45) is 0. The molecule has 4 nitrogen and oxygen atoms in total. The molecule has 110 valence electrons. The van der Waals surface area contributed by atoms with Crippen molar-refractivity contribution < 1.29 is 13.9 Å². The standard InChI is InChI=1S/C15H14ClFN2O2/c1-9-3-5-11(17)8-12(9)18-15(20)19-13-7-10(16)4-6-14(13)21-2/h3-8H,1-2H3,(H2,18,19,20). The first-order valence-electron chi connectivity index (χ1n) is 6.17. The van der Waals surface area contributed by atoms with Crippen LogP contribution in [0, 0.1) is 12.7 Å². The van der Waals surface area contributed by atoms with E-state index in [4.69, 9.17) is 16.3 Å². The van der Waals surface area contributed by atoms with Gasteiger partial charge in [-0.25, -0.2) is 9.18 Å².